The molecule has 0 fully saturated rings. The molecule has 0 aliphatic heterocycles. The van der Waals surface area contributed by atoms with Crippen molar-refractivity contribution in [2.75, 3.05) is 0 Å². The molecule has 3 N–H and O–H groups in total. The molecule has 7 nitrogen and oxygen atoms in total. The molecule has 0 heterocycles. The van der Waals surface area contributed by atoms with E-state index in [1.807, 2.05) is 109 Å². The first-order valence-electron chi connectivity index (χ1n) is 13.9. The number of carbonyl (C=O) groups excluding carboxylic acids is 2. The topological polar surface area (TPSA) is 105 Å². The fourth-order valence-corrected chi connectivity index (χ4v) is 4.53. The summed E-state index contributed by atoms with van der Waals surface area (Å²) < 4.78 is 5.38. The number of rotatable bonds is 10. The second-order valence-corrected chi connectivity index (χ2v) is 11.1. The second-order valence-electron chi connectivity index (χ2n) is 11.1. The first-order valence-corrected chi connectivity index (χ1v) is 13.9. The van der Waals surface area contributed by atoms with E-state index in [9.17, 15) is 19.5 Å². The molecule has 0 unspecified atom stereocenters. The predicted octanol–water partition coefficient (Wildman–Crippen LogP) is 6.27. The van der Waals surface area contributed by atoms with E-state index in [1.54, 1.807) is 20.8 Å². The second kappa shape index (κ2) is 13.6. The largest absolute Gasteiger partial charge is 0.480 e. The van der Waals surface area contributed by atoms with Crippen LogP contribution in [0.15, 0.2) is 109 Å². The molecule has 42 heavy (non-hydrogen) atoms. The first kappa shape index (κ1) is 30.1. The highest BCUT2D eigenvalue weighted by Crippen LogP contribution is 2.21. The van der Waals surface area contributed by atoms with Crippen molar-refractivity contribution in [3.63, 3.8) is 0 Å². The maximum absolute atomic E-state index is 13.4. The average molecular weight is 565 g/mol. The van der Waals surface area contributed by atoms with Gasteiger partial charge in [-0.25, -0.2) is 9.59 Å². The number of carboxylic acid groups (broad SMARTS) is 1. The van der Waals surface area contributed by atoms with Crippen LogP contribution in [0.5, 0.6) is 0 Å². The van der Waals surface area contributed by atoms with Crippen LogP contribution in [-0.4, -0.2) is 40.8 Å². The van der Waals surface area contributed by atoms with E-state index in [2.05, 4.69) is 10.6 Å². The molecule has 0 spiro atoms. The maximum Gasteiger partial charge on any atom is 0.408 e. The fraction of sp³-hybridized carbons (Fsp3) is 0.229. The van der Waals surface area contributed by atoms with Crippen LogP contribution in [0, 0.1) is 0 Å². The summed E-state index contributed by atoms with van der Waals surface area (Å²) in [5, 5.41) is 15.2. The van der Waals surface area contributed by atoms with E-state index in [4.69, 9.17) is 4.74 Å². The van der Waals surface area contributed by atoms with Crippen LogP contribution >= 0.6 is 0 Å². The average Bonchev–Trinajstić information content (AvgIpc) is 2.97. The van der Waals surface area contributed by atoms with E-state index in [0.29, 0.717) is 0 Å². The van der Waals surface area contributed by atoms with Crippen molar-refractivity contribution < 1.29 is 24.2 Å². The summed E-state index contributed by atoms with van der Waals surface area (Å²) in [5.74, 6) is -1.78. The predicted molar refractivity (Wildman–Crippen MR) is 164 cm³/mol. The molecule has 2 atom stereocenters. The van der Waals surface area contributed by atoms with Crippen molar-refractivity contribution in [3.8, 4) is 22.3 Å². The third kappa shape index (κ3) is 8.80. The molecular formula is C35H36N2O5. The third-order valence-electron chi connectivity index (χ3n) is 6.62. The lowest BCUT2D eigenvalue weighted by Gasteiger charge is -2.24. The maximum atomic E-state index is 13.4. The molecule has 4 rings (SSSR count). The number of hydrogen-bond acceptors (Lipinski definition) is 4. The summed E-state index contributed by atoms with van der Waals surface area (Å²) in [5.41, 5.74) is 4.94. The van der Waals surface area contributed by atoms with Crippen LogP contribution < -0.4 is 10.6 Å². The van der Waals surface area contributed by atoms with Crippen molar-refractivity contribution in [1.29, 1.82) is 0 Å². The SMILES string of the molecule is CC(C)(C)OC(=O)N[C@H](Cc1ccc(-c2ccccc2)cc1)C(=O)N[C@@H](Cc1ccc(-c2ccccc2)cc1)C(=O)O. The van der Waals surface area contributed by atoms with E-state index in [1.165, 1.54) is 0 Å². The van der Waals surface area contributed by atoms with E-state index in [0.717, 1.165) is 33.4 Å². The fourth-order valence-electron chi connectivity index (χ4n) is 4.53. The van der Waals surface area contributed by atoms with Gasteiger partial charge in [-0.1, -0.05) is 109 Å². The van der Waals surface area contributed by atoms with Gasteiger partial charge in [-0.2, -0.15) is 0 Å². The van der Waals surface area contributed by atoms with Crippen molar-refractivity contribution in [2.45, 2.75) is 51.3 Å². The first-order chi connectivity index (χ1) is 20.1. The highest BCUT2D eigenvalue weighted by Gasteiger charge is 2.29. The zero-order valence-corrected chi connectivity index (χ0v) is 24.0. The lowest BCUT2D eigenvalue weighted by molar-refractivity contribution is -0.142. The molecule has 0 aliphatic carbocycles. The summed E-state index contributed by atoms with van der Waals surface area (Å²) in [6.07, 6.45) is -0.522. The monoisotopic (exact) mass is 564 g/mol. The zero-order valence-electron chi connectivity index (χ0n) is 24.0. The number of hydrogen-bond donors (Lipinski definition) is 3. The van der Waals surface area contributed by atoms with E-state index >= 15 is 0 Å². The molecule has 216 valence electrons. The minimum Gasteiger partial charge on any atom is -0.480 e. The molecule has 2 amide bonds. The highest BCUT2D eigenvalue weighted by molar-refractivity contribution is 5.89. The van der Waals surface area contributed by atoms with Gasteiger partial charge in [0.25, 0.3) is 0 Å². The molecule has 0 saturated carbocycles. The van der Waals surface area contributed by atoms with Crippen molar-refractivity contribution in [2.24, 2.45) is 0 Å². The number of carbonyl (C=O) groups is 3. The van der Waals surface area contributed by atoms with Gasteiger partial charge in [-0.05, 0) is 54.2 Å². The Kier molecular flexibility index (Phi) is 9.76. The highest BCUT2D eigenvalue weighted by atomic mass is 16.6. The summed E-state index contributed by atoms with van der Waals surface area (Å²) >= 11 is 0. The lowest BCUT2D eigenvalue weighted by atomic mass is 9.99. The van der Waals surface area contributed by atoms with Gasteiger partial charge in [0.2, 0.25) is 5.91 Å². The molecule has 0 aliphatic rings. The van der Waals surface area contributed by atoms with Crippen LogP contribution in [0.4, 0.5) is 4.79 Å². The van der Waals surface area contributed by atoms with Crippen molar-refractivity contribution >= 4 is 18.0 Å². The molecule has 0 saturated heterocycles. The number of aliphatic carboxylic acids is 1. The molecule has 7 heteroatoms. The Labute approximate surface area is 246 Å². The Morgan fingerprint density at radius 3 is 1.43 bits per heavy atom. The van der Waals surface area contributed by atoms with Crippen LogP contribution in [0.2, 0.25) is 0 Å². The number of nitrogens with one attached hydrogen (secondary N) is 2. The number of carboxylic acids is 1. The molecule has 0 bridgehead atoms. The number of amides is 2. The third-order valence-corrected chi connectivity index (χ3v) is 6.62. The smallest absolute Gasteiger partial charge is 0.408 e. The Hall–Kier alpha value is -4.91. The van der Waals surface area contributed by atoms with Gasteiger partial charge < -0.3 is 20.5 Å². The zero-order chi connectivity index (χ0) is 30.1. The molecule has 4 aromatic rings. The normalized spacial score (nSPS) is 12.5. The Balaban J connectivity index is 1.48. The van der Waals surface area contributed by atoms with E-state index < -0.39 is 35.7 Å². The van der Waals surface area contributed by atoms with Crippen LogP contribution in [0.3, 0.4) is 0 Å². The Morgan fingerprint density at radius 1 is 0.619 bits per heavy atom. The summed E-state index contributed by atoms with van der Waals surface area (Å²) in [7, 11) is 0. The Morgan fingerprint density at radius 2 is 1.02 bits per heavy atom. The number of benzene rings is 4. The minimum atomic E-state index is -1.19. The van der Waals surface area contributed by atoms with E-state index in [-0.39, 0.29) is 12.8 Å². The van der Waals surface area contributed by atoms with Gasteiger partial charge in [-0.15, -0.1) is 0 Å². The van der Waals surface area contributed by atoms with Crippen LogP contribution in [-0.2, 0) is 27.2 Å². The van der Waals surface area contributed by atoms with Crippen LogP contribution in [0.25, 0.3) is 22.3 Å². The molecule has 0 aromatic heterocycles. The van der Waals surface area contributed by atoms with Gasteiger partial charge in [0.05, 0.1) is 0 Å². The molecular weight excluding hydrogens is 528 g/mol. The molecule has 0 radical (unpaired) electrons. The minimum absolute atomic E-state index is 0.0844. The molecule has 4 aromatic carbocycles. The van der Waals surface area contributed by atoms with Gasteiger partial charge in [0.15, 0.2) is 0 Å². The van der Waals surface area contributed by atoms with Crippen LogP contribution in [0.1, 0.15) is 31.9 Å². The quantitative estimate of drug-likeness (QED) is 0.211. The number of alkyl carbamates (subject to hydrolysis) is 1. The van der Waals surface area contributed by atoms with Gasteiger partial charge in [0.1, 0.15) is 17.7 Å². The number of ether oxygens (including phenoxy) is 1. The van der Waals surface area contributed by atoms with Crippen molar-refractivity contribution in [3.05, 3.63) is 120 Å². The van der Waals surface area contributed by atoms with Gasteiger partial charge in [0, 0.05) is 12.8 Å². The van der Waals surface area contributed by atoms with Crippen molar-refractivity contribution in [1.82, 2.24) is 10.6 Å². The van der Waals surface area contributed by atoms with Gasteiger partial charge in [-0.3, -0.25) is 4.79 Å². The summed E-state index contributed by atoms with van der Waals surface area (Å²) in [4.78, 5) is 38.2. The lowest BCUT2D eigenvalue weighted by Crippen LogP contribution is -2.53. The summed E-state index contributed by atoms with van der Waals surface area (Å²) in [6.45, 7) is 5.19. The Bertz CT molecular complexity index is 1480. The van der Waals surface area contributed by atoms with Gasteiger partial charge >= 0.3 is 12.1 Å². The summed E-state index contributed by atoms with van der Waals surface area (Å²) in [6, 6.07) is 32.8. The standard InChI is InChI=1S/C35H36N2O5/c1-35(2,3)42-34(41)37-30(22-24-14-18-28(19-15-24)26-10-6-4-7-11-26)32(38)36-31(33(39)40)23-25-16-20-29(21-17-25)27-12-8-5-9-13-27/h4-21,30-31H,22-23H2,1-3H3,(H,36,38)(H,37,41)(H,39,40)/t30-,31+/m1/s1.